The molecule has 0 bridgehead atoms. The topological polar surface area (TPSA) is 86.5 Å². The number of aryl methyl sites for hydroxylation is 2. The molecule has 2 aliphatic rings. The van der Waals surface area contributed by atoms with Crippen LogP contribution < -0.4 is 10.9 Å². The van der Waals surface area contributed by atoms with Crippen LogP contribution in [0.2, 0.25) is 0 Å². The van der Waals surface area contributed by atoms with E-state index in [4.69, 9.17) is 4.98 Å². The summed E-state index contributed by atoms with van der Waals surface area (Å²) in [5, 5.41) is 10.7. The molecule has 6 nitrogen and oxygen atoms in total. The Hall–Kier alpha value is -1.99. The highest BCUT2D eigenvalue weighted by atomic mass is 32.1. The summed E-state index contributed by atoms with van der Waals surface area (Å²) in [4.78, 5) is 21.8. The molecule has 24 heavy (non-hydrogen) atoms. The molecule has 0 amide bonds. The smallest absolute Gasteiger partial charge is 0.268 e. The maximum Gasteiger partial charge on any atom is 0.268 e. The molecule has 0 unspecified atom stereocenters. The molecular formula is C17H19N5OS. The van der Waals surface area contributed by atoms with Crippen LogP contribution in [0.15, 0.2) is 11.0 Å². The van der Waals surface area contributed by atoms with E-state index in [1.165, 1.54) is 10.4 Å². The summed E-state index contributed by atoms with van der Waals surface area (Å²) in [6.07, 6.45) is 7.15. The first-order valence-electron chi connectivity index (χ1n) is 8.60. The maximum atomic E-state index is 12.7. The normalized spacial score (nSPS) is 20.6. The number of H-pyrrole nitrogens is 2. The Kier molecular flexibility index (Phi) is 3.31. The van der Waals surface area contributed by atoms with Crippen LogP contribution in [0.4, 0.5) is 0 Å². The summed E-state index contributed by atoms with van der Waals surface area (Å²) >= 11 is 1.56. The van der Waals surface area contributed by atoms with E-state index >= 15 is 0 Å². The summed E-state index contributed by atoms with van der Waals surface area (Å²) in [6.45, 7) is 1.95. The predicted molar refractivity (Wildman–Crippen MR) is 94.7 cm³/mol. The zero-order valence-corrected chi connectivity index (χ0v) is 14.1. The van der Waals surface area contributed by atoms with E-state index in [1.54, 1.807) is 11.3 Å². The Labute approximate surface area is 142 Å². The van der Waals surface area contributed by atoms with Gasteiger partial charge in [0, 0.05) is 29.1 Å². The number of rotatable bonds is 1. The van der Waals surface area contributed by atoms with Crippen molar-refractivity contribution in [1.82, 2.24) is 25.5 Å². The van der Waals surface area contributed by atoms with Gasteiger partial charge in [0.2, 0.25) is 0 Å². The van der Waals surface area contributed by atoms with Crippen molar-refractivity contribution in [2.24, 2.45) is 0 Å². The third-order valence-corrected chi connectivity index (χ3v) is 6.40. The van der Waals surface area contributed by atoms with Gasteiger partial charge in [-0.2, -0.15) is 5.10 Å². The van der Waals surface area contributed by atoms with Crippen molar-refractivity contribution in [3.8, 4) is 10.4 Å². The molecule has 1 fully saturated rings. The van der Waals surface area contributed by atoms with Gasteiger partial charge in [-0.1, -0.05) is 0 Å². The van der Waals surface area contributed by atoms with Gasteiger partial charge in [-0.25, -0.2) is 4.98 Å². The molecule has 4 heterocycles. The van der Waals surface area contributed by atoms with Crippen molar-refractivity contribution in [2.75, 3.05) is 13.1 Å². The van der Waals surface area contributed by atoms with Crippen LogP contribution in [0, 0.1) is 0 Å². The number of thiophene rings is 1. The number of hydrogen-bond acceptors (Lipinski definition) is 5. The van der Waals surface area contributed by atoms with Gasteiger partial charge in [0.1, 0.15) is 10.5 Å². The minimum absolute atomic E-state index is 0.00342. The quantitative estimate of drug-likeness (QED) is 0.634. The molecular weight excluding hydrogens is 322 g/mol. The van der Waals surface area contributed by atoms with Crippen LogP contribution >= 0.6 is 11.3 Å². The van der Waals surface area contributed by atoms with E-state index in [9.17, 15) is 4.79 Å². The minimum Gasteiger partial charge on any atom is -0.316 e. The molecule has 3 aromatic rings. The van der Waals surface area contributed by atoms with E-state index in [2.05, 4.69) is 20.5 Å². The molecule has 1 aliphatic carbocycles. The molecule has 7 heteroatoms. The number of fused-ring (bicyclic) bond motifs is 5. The van der Waals surface area contributed by atoms with Gasteiger partial charge in [-0.05, 0) is 44.2 Å². The monoisotopic (exact) mass is 341 g/mol. The van der Waals surface area contributed by atoms with Crippen molar-refractivity contribution in [3.63, 3.8) is 0 Å². The lowest BCUT2D eigenvalue weighted by molar-refractivity contribution is 0.447. The van der Waals surface area contributed by atoms with E-state index < -0.39 is 0 Å². The van der Waals surface area contributed by atoms with Crippen molar-refractivity contribution in [3.05, 3.63) is 33.6 Å². The van der Waals surface area contributed by atoms with Crippen molar-refractivity contribution in [1.29, 1.82) is 0 Å². The van der Waals surface area contributed by atoms with E-state index in [0.29, 0.717) is 5.92 Å². The summed E-state index contributed by atoms with van der Waals surface area (Å²) in [6, 6.07) is 0. The number of nitrogens with zero attached hydrogens (tertiary/aromatic N) is 2. The number of aromatic amines is 2. The van der Waals surface area contributed by atoms with Gasteiger partial charge in [-0.3, -0.25) is 9.89 Å². The Morgan fingerprint density at radius 3 is 3.08 bits per heavy atom. The van der Waals surface area contributed by atoms with Crippen LogP contribution in [0.5, 0.6) is 0 Å². The van der Waals surface area contributed by atoms with Crippen molar-refractivity contribution in [2.45, 2.75) is 38.0 Å². The third kappa shape index (κ3) is 2.15. The first-order chi connectivity index (χ1) is 11.8. The van der Waals surface area contributed by atoms with E-state index in [0.717, 1.165) is 72.5 Å². The zero-order valence-electron chi connectivity index (χ0n) is 13.3. The summed E-state index contributed by atoms with van der Waals surface area (Å²) in [5.74, 6) is 1.15. The molecule has 1 saturated heterocycles. The highest BCUT2D eigenvalue weighted by Gasteiger charge is 2.25. The van der Waals surface area contributed by atoms with Gasteiger partial charge >= 0.3 is 0 Å². The molecule has 0 radical (unpaired) electrons. The fraction of sp³-hybridized carbons (Fsp3) is 0.471. The van der Waals surface area contributed by atoms with Crippen molar-refractivity contribution < 1.29 is 0 Å². The second-order valence-electron chi connectivity index (χ2n) is 6.68. The number of piperidine rings is 1. The number of hydrogen-bond donors (Lipinski definition) is 3. The second kappa shape index (κ2) is 5.53. The van der Waals surface area contributed by atoms with Gasteiger partial charge in [0.25, 0.3) is 5.56 Å². The lowest BCUT2D eigenvalue weighted by Gasteiger charge is -2.21. The SMILES string of the molecule is O=c1[nH]c([C@H]2CCCNC2)nc2c3c(sc12)-c1c[nH]nc1CCC3. The minimum atomic E-state index is 0.00342. The van der Waals surface area contributed by atoms with E-state index in [-0.39, 0.29) is 5.56 Å². The largest absolute Gasteiger partial charge is 0.316 e. The molecule has 1 aliphatic heterocycles. The molecule has 0 spiro atoms. The van der Waals surface area contributed by atoms with E-state index in [1.807, 2.05) is 6.20 Å². The molecule has 1 atom stereocenters. The van der Waals surface area contributed by atoms with Gasteiger partial charge in [0.15, 0.2) is 0 Å². The van der Waals surface area contributed by atoms with Crippen LogP contribution in [-0.4, -0.2) is 33.3 Å². The zero-order chi connectivity index (χ0) is 16.1. The Bertz CT molecular complexity index is 963. The standard InChI is InChI=1S/C17H19N5OS/c23-17-15-13(20-16(21-17)9-3-2-6-18-7-9)10-4-1-5-12-11(8-19-22-12)14(10)24-15/h8-9,18H,1-7H2,(H,19,22)(H,20,21,23)/t9-/m0/s1. The van der Waals surface area contributed by atoms with Gasteiger partial charge in [0.05, 0.1) is 11.2 Å². The fourth-order valence-electron chi connectivity index (χ4n) is 3.92. The fourth-order valence-corrected chi connectivity index (χ4v) is 5.14. The second-order valence-corrected chi connectivity index (χ2v) is 7.70. The Balaban J connectivity index is 1.71. The van der Waals surface area contributed by atoms with Crippen molar-refractivity contribution >= 4 is 21.6 Å². The van der Waals surface area contributed by atoms with Gasteiger partial charge in [-0.15, -0.1) is 11.3 Å². The average molecular weight is 341 g/mol. The Morgan fingerprint density at radius 1 is 1.25 bits per heavy atom. The average Bonchev–Trinajstić information content (AvgIpc) is 3.17. The predicted octanol–water partition coefficient (Wildman–Crippen LogP) is 2.33. The maximum absolute atomic E-state index is 12.7. The molecule has 5 rings (SSSR count). The van der Waals surface area contributed by atoms with Crippen LogP contribution in [0.3, 0.4) is 0 Å². The molecule has 0 aromatic carbocycles. The lowest BCUT2D eigenvalue weighted by atomic mass is 9.98. The molecule has 3 N–H and O–H groups in total. The number of aromatic nitrogens is 4. The summed E-state index contributed by atoms with van der Waals surface area (Å²) < 4.78 is 0.751. The first-order valence-corrected chi connectivity index (χ1v) is 9.42. The third-order valence-electron chi connectivity index (χ3n) is 5.15. The highest BCUT2D eigenvalue weighted by molar-refractivity contribution is 7.22. The molecule has 0 saturated carbocycles. The molecule has 3 aromatic heterocycles. The van der Waals surface area contributed by atoms with Crippen LogP contribution in [0.1, 0.15) is 42.3 Å². The molecule has 124 valence electrons. The van der Waals surface area contributed by atoms with Crippen LogP contribution in [-0.2, 0) is 12.8 Å². The summed E-state index contributed by atoms with van der Waals surface area (Å²) in [7, 11) is 0. The highest BCUT2D eigenvalue weighted by Crippen LogP contribution is 2.40. The summed E-state index contributed by atoms with van der Waals surface area (Å²) in [5.41, 5.74) is 4.39. The van der Waals surface area contributed by atoms with Crippen LogP contribution in [0.25, 0.3) is 20.7 Å². The lowest BCUT2D eigenvalue weighted by Crippen LogP contribution is -2.30. The Morgan fingerprint density at radius 2 is 2.21 bits per heavy atom. The van der Waals surface area contributed by atoms with Gasteiger partial charge < -0.3 is 10.3 Å². The first kappa shape index (κ1) is 14.4. The number of nitrogens with one attached hydrogen (secondary N) is 3.